The summed E-state index contributed by atoms with van der Waals surface area (Å²) >= 11 is 3.22. The summed E-state index contributed by atoms with van der Waals surface area (Å²) in [7, 11) is 0. The Bertz CT molecular complexity index is 1190. The molecule has 3 aromatic heterocycles. The topological polar surface area (TPSA) is 70.9 Å². The van der Waals surface area contributed by atoms with Gasteiger partial charge in [0.25, 0.3) is 0 Å². The molecule has 0 radical (unpaired) electrons. The molecule has 5 rings (SSSR count). The van der Waals surface area contributed by atoms with Crippen LogP contribution in [0.3, 0.4) is 0 Å². The van der Waals surface area contributed by atoms with Gasteiger partial charge in [-0.3, -0.25) is 0 Å². The van der Waals surface area contributed by atoms with Gasteiger partial charge in [0.1, 0.15) is 10.6 Å². The predicted molar refractivity (Wildman–Crippen MR) is 122 cm³/mol. The Hall–Kier alpha value is -2.22. The van der Waals surface area contributed by atoms with E-state index in [1.807, 2.05) is 12.3 Å². The van der Waals surface area contributed by atoms with Crippen molar-refractivity contribution in [3.8, 4) is 11.3 Å². The van der Waals surface area contributed by atoms with Crippen molar-refractivity contribution in [3.63, 3.8) is 0 Å². The molecule has 0 unspecified atom stereocenters. The highest BCUT2D eigenvalue weighted by Gasteiger charge is 2.25. The Morgan fingerprint density at radius 2 is 1.93 bits per heavy atom. The van der Waals surface area contributed by atoms with E-state index in [2.05, 4.69) is 29.6 Å². The third kappa shape index (κ3) is 3.27. The van der Waals surface area contributed by atoms with Gasteiger partial charge in [-0.1, -0.05) is 42.1 Å². The van der Waals surface area contributed by atoms with Crippen molar-refractivity contribution in [2.75, 3.05) is 24.7 Å². The van der Waals surface area contributed by atoms with E-state index in [4.69, 9.17) is 20.1 Å². The van der Waals surface area contributed by atoms with Crippen LogP contribution in [0.4, 0.5) is 5.82 Å². The zero-order valence-electron chi connectivity index (χ0n) is 16.2. The molecule has 1 aromatic carbocycles. The van der Waals surface area contributed by atoms with Crippen LogP contribution in [0, 0.1) is 0 Å². The minimum absolute atomic E-state index is 0.165. The number of pyridine rings is 1. The van der Waals surface area contributed by atoms with E-state index in [-0.39, 0.29) is 6.61 Å². The number of anilines is 1. The number of hydrogen-bond donors (Lipinski definition) is 2. The molecule has 0 fully saturated rings. The lowest BCUT2D eigenvalue weighted by molar-refractivity contribution is 0.292. The minimum Gasteiger partial charge on any atom is -0.396 e. The number of aliphatic hydroxyl groups excluding tert-OH is 1. The molecule has 0 amide bonds. The van der Waals surface area contributed by atoms with Gasteiger partial charge in [0.05, 0.1) is 15.9 Å². The van der Waals surface area contributed by atoms with E-state index in [9.17, 15) is 0 Å². The van der Waals surface area contributed by atoms with Crippen LogP contribution in [-0.2, 0) is 12.8 Å². The summed E-state index contributed by atoms with van der Waals surface area (Å²) in [6.45, 7) is 0.851. The third-order valence-corrected chi connectivity index (χ3v) is 7.00. The van der Waals surface area contributed by atoms with Crippen molar-refractivity contribution < 1.29 is 5.11 Å². The monoisotopic (exact) mass is 422 g/mol. The molecule has 1 aliphatic rings. The van der Waals surface area contributed by atoms with Crippen LogP contribution in [0.5, 0.6) is 0 Å². The lowest BCUT2D eigenvalue weighted by Gasteiger charge is -2.10. The van der Waals surface area contributed by atoms with E-state index in [0.717, 1.165) is 51.0 Å². The summed E-state index contributed by atoms with van der Waals surface area (Å²) in [5.74, 6) is 0.851. The summed E-state index contributed by atoms with van der Waals surface area (Å²) in [6, 6.07) is 10.5. The predicted octanol–water partition coefficient (Wildman–Crippen LogP) is 4.91. The van der Waals surface area contributed by atoms with E-state index >= 15 is 0 Å². The van der Waals surface area contributed by atoms with Gasteiger partial charge < -0.3 is 10.4 Å². The van der Waals surface area contributed by atoms with Gasteiger partial charge in [0, 0.05) is 24.1 Å². The largest absolute Gasteiger partial charge is 0.396 e. The molecule has 7 heteroatoms. The van der Waals surface area contributed by atoms with Crippen LogP contribution in [0.15, 0.2) is 35.5 Å². The van der Waals surface area contributed by atoms with Crippen molar-refractivity contribution in [2.45, 2.75) is 30.8 Å². The van der Waals surface area contributed by atoms with Crippen LogP contribution in [0.2, 0.25) is 0 Å². The van der Waals surface area contributed by atoms with Crippen molar-refractivity contribution in [2.24, 2.45) is 0 Å². The molecule has 0 atom stereocenters. The molecule has 29 heavy (non-hydrogen) atoms. The summed E-state index contributed by atoms with van der Waals surface area (Å²) in [4.78, 5) is 15.7. The highest BCUT2D eigenvalue weighted by atomic mass is 32.2. The van der Waals surface area contributed by atoms with Gasteiger partial charge in [-0.05, 0) is 43.1 Å². The molecule has 0 saturated carbocycles. The number of aryl methyl sites for hydroxylation is 1. The van der Waals surface area contributed by atoms with Crippen molar-refractivity contribution in [1.29, 1.82) is 0 Å². The summed E-state index contributed by atoms with van der Waals surface area (Å²) < 4.78 is 1.06. The zero-order chi connectivity index (χ0) is 19.8. The van der Waals surface area contributed by atoms with Crippen LogP contribution in [-0.4, -0.2) is 39.5 Å². The maximum atomic E-state index is 9.13. The molecule has 5 nitrogen and oxygen atoms in total. The van der Waals surface area contributed by atoms with Gasteiger partial charge in [0.2, 0.25) is 0 Å². The fraction of sp³-hybridized carbons (Fsp3) is 0.318. The quantitative estimate of drug-likeness (QED) is 0.261. The maximum Gasteiger partial charge on any atom is 0.189 e. The Morgan fingerprint density at radius 3 is 2.72 bits per heavy atom. The molecule has 148 valence electrons. The molecule has 4 aromatic rings. The lowest BCUT2D eigenvalue weighted by atomic mass is 10.0. The average molecular weight is 423 g/mol. The van der Waals surface area contributed by atoms with E-state index < -0.39 is 0 Å². The number of thiophene rings is 1. The standard InChI is InChI=1S/C22H22N4OS2/c1-28-22-25-18-16-14-9-5-10-15(14)17(13-7-3-2-4-8-13)24-21(16)29-19(18)20(26-22)23-11-6-12-27/h2-4,7-8,27H,5-6,9-12H2,1H3,(H,23,25,26). The van der Waals surface area contributed by atoms with Gasteiger partial charge in [0.15, 0.2) is 5.16 Å². The molecule has 0 bridgehead atoms. The number of aromatic nitrogens is 3. The number of rotatable bonds is 6. The van der Waals surface area contributed by atoms with Crippen LogP contribution < -0.4 is 5.32 Å². The second kappa shape index (κ2) is 7.89. The molecule has 2 N–H and O–H groups in total. The number of nitrogens with zero attached hydrogens (tertiary/aromatic N) is 3. The number of benzene rings is 1. The first kappa shape index (κ1) is 18.8. The molecule has 0 saturated heterocycles. The van der Waals surface area contributed by atoms with Gasteiger partial charge in [-0.15, -0.1) is 11.3 Å². The van der Waals surface area contributed by atoms with Gasteiger partial charge >= 0.3 is 0 Å². The van der Waals surface area contributed by atoms with Gasteiger partial charge in [-0.2, -0.15) is 0 Å². The first-order valence-electron chi connectivity index (χ1n) is 9.90. The van der Waals surface area contributed by atoms with Crippen molar-refractivity contribution in [3.05, 3.63) is 41.5 Å². The number of hydrogen-bond acceptors (Lipinski definition) is 7. The molecule has 0 spiro atoms. The second-order valence-corrected chi connectivity index (χ2v) is 8.93. The molecule has 1 aliphatic carbocycles. The van der Waals surface area contributed by atoms with Crippen LogP contribution in [0.1, 0.15) is 24.0 Å². The number of nitrogens with one attached hydrogen (secondary N) is 1. The van der Waals surface area contributed by atoms with Crippen molar-refractivity contribution in [1.82, 2.24) is 15.0 Å². The molecular weight excluding hydrogens is 400 g/mol. The lowest BCUT2D eigenvalue weighted by Crippen LogP contribution is -2.06. The van der Waals surface area contributed by atoms with E-state index in [1.54, 1.807) is 23.1 Å². The third-order valence-electron chi connectivity index (χ3n) is 5.37. The first-order chi connectivity index (χ1) is 14.3. The molecular formula is C22H22N4OS2. The second-order valence-electron chi connectivity index (χ2n) is 7.16. The minimum atomic E-state index is 0.165. The fourth-order valence-electron chi connectivity index (χ4n) is 4.08. The fourth-order valence-corrected chi connectivity index (χ4v) is 5.55. The highest BCUT2D eigenvalue weighted by molar-refractivity contribution is 7.98. The van der Waals surface area contributed by atoms with Gasteiger partial charge in [-0.25, -0.2) is 15.0 Å². The SMILES string of the molecule is CSc1nc(NCCCO)c2sc3nc(-c4ccccc4)c4c(c3c2n1)CCC4. The Balaban J connectivity index is 1.77. The Kier molecular flexibility index (Phi) is 5.11. The normalized spacial score (nSPS) is 13.3. The summed E-state index contributed by atoms with van der Waals surface area (Å²) in [5.41, 5.74) is 6.10. The van der Waals surface area contributed by atoms with Crippen LogP contribution >= 0.6 is 23.1 Å². The number of aliphatic hydroxyl groups is 1. The highest BCUT2D eigenvalue weighted by Crippen LogP contribution is 2.43. The number of fused-ring (bicyclic) bond motifs is 5. The zero-order valence-corrected chi connectivity index (χ0v) is 17.9. The summed E-state index contributed by atoms with van der Waals surface area (Å²) in [6.07, 6.45) is 6.00. The smallest absolute Gasteiger partial charge is 0.189 e. The molecule has 3 heterocycles. The average Bonchev–Trinajstić information content (AvgIpc) is 3.38. The maximum absolute atomic E-state index is 9.13. The van der Waals surface area contributed by atoms with Crippen molar-refractivity contribution >= 4 is 49.3 Å². The summed E-state index contributed by atoms with van der Waals surface area (Å²) in [5, 5.41) is 14.5. The Labute approximate surface area is 177 Å². The van der Waals surface area contributed by atoms with Crippen LogP contribution in [0.25, 0.3) is 31.7 Å². The van der Waals surface area contributed by atoms with E-state index in [0.29, 0.717) is 13.0 Å². The first-order valence-corrected chi connectivity index (χ1v) is 11.9. The number of thioether (sulfide) groups is 1. The Morgan fingerprint density at radius 1 is 1.10 bits per heavy atom. The molecule has 0 aliphatic heterocycles. The van der Waals surface area contributed by atoms with E-state index in [1.165, 1.54) is 22.1 Å².